The first-order valence-corrected chi connectivity index (χ1v) is 10.9. The standard InChI is InChI=1S/C21H27N3O3S/c1-17-8-10-20(11-9-17)28(26,27)24-13-5-12-23(14-15-24)21(25)18-6-4-7-19(16-18)22(2)3/h4,6-11,16H,5,12-15H2,1-3H3. The van der Waals surface area contributed by atoms with Gasteiger partial charge >= 0.3 is 0 Å². The molecule has 1 amide bonds. The van der Waals surface area contributed by atoms with Gasteiger partial charge in [-0.2, -0.15) is 4.31 Å². The highest BCUT2D eigenvalue weighted by atomic mass is 32.2. The average molecular weight is 402 g/mol. The summed E-state index contributed by atoms with van der Waals surface area (Å²) in [6.07, 6.45) is 0.615. The van der Waals surface area contributed by atoms with Crippen LogP contribution in [0.5, 0.6) is 0 Å². The van der Waals surface area contributed by atoms with E-state index in [4.69, 9.17) is 0 Å². The van der Waals surface area contributed by atoms with Crippen LogP contribution in [0.3, 0.4) is 0 Å². The van der Waals surface area contributed by atoms with Gasteiger partial charge in [0.1, 0.15) is 0 Å². The van der Waals surface area contributed by atoms with Crippen molar-refractivity contribution in [3.8, 4) is 0 Å². The van der Waals surface area contributed by atoms with Crippen molar-refractivity contribution in [1.29, 1.82) is 0 Å². The minimum absolute atomic E-state index is 0.0571. The van der Waals surface area contributed by atoms with Gasteiger partial charge in [0.2, 0.25) is 10.0 Å². The quantitative estimate of drug-likeness (QED) is 0.790. The third-order valence-corrected chi connectivity index (χ3v) is 6.92. The van der Waals surface area contributed by atoms with E-state index in [9.17, 15) is 13.2 Å². The van der Waals surface area contributed by atoms with Gasteiger partial charge in [0, 0.05) is 51.5 Å². The van der Waals surface area contributed by atoms with E-state index in [0.717, 1.165) is 11.3 Å². The van der Waals surface area contributed by atoms with E-state index in [1.807, 2.05) is 44.1 Å². The predicted molar refractivity (Wildman–Crippen MR) is 111 cm³/mol. The second kappa shape index (κ2) is 8.32. The molecule has 150 valence electrons. The molecule has 2 aromatic rings. The van der Waals surface area contributed by atoms with Crippen molar-refractivity contribution >= 4 is 21.6 Å². The van der Waals surface area contributed by atoms with Crippen molar-refractivity contribution in [3.63, 3.8) is 0 Å². The molecule has 0 spiro atoms. The Morgan fingerprint density at radius 2 is 1.68 bits per heavy atom. The number of nitrogens with zero attached hydrogens (tertiary/aromatic N) is 3. The number of rotatable bonds is 4. The Labute approximate surface area is 167 Å². The number of hydrogen-bond acceptors (Lipinski definition) is 4. The number of carbonyl (C=O) groups is 1. The second-order valence-electron chi connectivity index (χ2n) is 7.31. The molecular weight excluding hydrogens is 374 g/mol. The molecule has 3 rings (SSSR count). The fraction of sp³-hybridized carbons (Fsp3) is 0.381. The molecule has 2 aromatic carbocycles. The summed E-state index contributed by atoms with van der Waals surface area (Å²) < 4.78 is 27.4. The second-order valence-corrected chi connectivity index (χ2v) is 9.25. The van der Waals surface area contributed by atoms with Gasteiger partial charge in [0.05, 0.1) is 4.90 Å². The molecule has 7 heteroatoms. The van der Waals surface area contributed by atoms with Gasteiger partial charge in [-0.3, -0.25) is 4.79 Å². The zero-order valence-corrected chi connectivity index (χ0v) is 17.4. The van der Waals surface area contributed by atoms with Gasteiger partial charge in [-0.15, -0.1) is 0 Å². The topological polar surface area (TPSA) is 60.9 Å². The Bertz CT molecular complexity index is 940. The smallest absolute Gasteiger partial charge is 0.253 e. The van der Waals surface area contributed by atoms with Crippen molar-refractivity contribution in [3.05, 3.63) is 59.7 Å². The summed E-state index contributed by atoms with van der Waals surface area (Å²) in [5.41, 5.74) is 2.61. The van der Waals surface area contributed by atoms with E-state index in [0.29, 0.717) is 43.1 Å². The summed E-state index contributed by atoms with van der Waals surface area (Å²) in [4.78, 5) is 16.9. The molecule has 0 unspecified atom stereocenters. The molecular formula is C21H27N3O3S. The number of hydrogen-bond donors (Lipinski definition) is 0. The van der Waals surface area contributed by atoms with E-state index in [1.54, 1.807) is 35.2 Å². The van der Waals surface area contributed by atoms with E-state index < -0.39 is 10.0 Å². The number of benzene rings is 2. The molecule has 1 aliphatic heterocycles. The highest BCUT2D eigenvalue weighted by molar-refractivity contribution is 7.89. The lowest BCUT2D eigenvalue weighted by atomic mass is 10.1. The SMILES string of the molecule is Cc1ccc(S(=O)(=O)N2CCCN(C(=O)c3cccc(N(C)C)c3)CC2)cc1. The van der Waals surface area contributed by atoms with Gasteiger partial charge in [0.25, 0.3) is 5.91 Å². The maximum atomic E-state index is 12.9. The molecule has 1 saturated heterocycles. The zero-order valence-electron chi connectivity index (χ0n) is 16.6. The van der Waals surface area contributed by atoms with Gasteiger partial charge < -0.3 is 9.80 Å². The third-order valence-electron chi connectivity index (χ3n) is 5.01. The molecule has 1 aliphatic rings. The summed E-state index contributed by atoms with van der Waals surface area (Å²) in [6.45, 7) is 3.57. The molecule has 28 heavy (non-hydrogen) atoms. The molecule has 0 bridgehead atoms. The molecule has 1 fully saturated rings. The van der Waals surface area contributed by atoms with Crippen molar-refractivity contribution in [1.82, 2.24) is 9.21 Å². The van der Waals surface area contributed by atoms with Crippen molar-refractivity contribution in [2.24, 2.45) is 0 Å². The van der Waals surface area contributed by atoms with Gasteiger partial charge in [0.15, 0.2) is 0 Å². The van der Waals surface area contributed by atoms with Crippen molar-refractivity contribution in [2.45, 2.75) is 18.2 Å². The van der Waals surface area contributed by atoms with Crippen LogP contribution < -0.4 is 4.90 Å². The summed E-state index contributed by atoms with van der Waals surface area (Å²) >= 11 is 0. The van der Waals surface area contributed by atoms with Crippen LogP contribution in [0.1, 0.15) is 22.3 Å². The summed E-state index contributed by atoms with van der Waals surface area (Å²) in [7, 11) is 0.323. The lowest BCUT2D eigenvalue weighted by molar-refractivity contribution is 0.0764. The first-order valence-electron chi connectivity index (χ1n) is 9.42. The fourth-order valence-electron chi connectivity index (χ4n) is 3.30. The maximum absolute atomic E-state index is 12.9. The molecule has 0 N–H and O–H groups in total. The summed E-state index contributed by atoms with van der Waals surface area (Å²) in [5.74, 6) is -0.0571. The van der Waals surface area contributed by atoms with Crippen LogP contribution in [0.4, 0.5) is 5.69 Å². The van der Waals surface area contributed by atoms with Gasteiger partial charge in [-0.25, -0.2) is 8.42 Å². The molecule has 0 aliphatic carbocycles. The van der Waals surface area contributed by atoms with Crippen LogP contribution in [0.25, 0.3) is 0 Å². The first kappa shape index (κ1) is 20.4. The van der Waals surface area contributed by atoms with Crippen LogP contribution in [-0.2, 0) is 10.0 Å². The van der Waals surface area contributed by atoms with Crippen LogP contribution in [-0.4, -0.2) is 63.8 Å². The van der Waals surface area contributed by atoms with Crippen LogP contribution in [0.2, 0.25) is 0 Å². The van der Waals surface area contributed by atoms with Gasteiger partial charge in [-0.05, 0) is 43.7 Å². The molecule has 0 saturated carbocycles. The Morgan fingerprint density at radius 3 is 2.36 bits per heavy atom. The largest absolute Gasteiger partial charge is 0.378 e. The molecule has 0 radical (unpaired) electrons. The Morgan fingerprint density at radius 1 is 0.964 bits per heavy atom. The van der Waals surface area contributed by atoms with Crippen LogP contribution in [0, 0.1) is 6.92 Å². The zero-order chi connectivity index (χ0) is 20.3. The highest BCUT2D eigenvalue weighted by Crippen LogP contribution is 2.20. The maximum Gasteiger partial charge on any atom is 0.253 e. The number of carbonyl (C=O) groups excluding carboxylic acids is 1. The van der Waals surface area contributed by atoms with E-state index in [2.05, 4.69) is 0 Å². The van der Waals surface area contributed by atoms with E-state index >= 15 is 0 Å². The van der Waals surface area contributed by atoms with Crippen LogP contribution in [0.15, 0.2) is 53.4 Å². The third kappa shape index (κ3) is 4.36. The molecule has 0 aromatic heterocycles. The Kier molecular flexibility index (Phi) is 6.05. The first-order chi connectivity index (χ1) is 13.3. The minimum Gasteiger partial charge on any atom is -0.378 e. The Balaban J connectivity index is 1.73. The van der Waals surface area contributed by atoms with Crippen molar-refractivity contribution < 1.29 is 13.2 Å². The molecule has 0 atom stereocenters. The molecule has 6 nitrogen and oxygen atoms in total. The van der Waals surface area contributed by atoms with Crippen LogP contribution >= 0.6 is 0 Å². The number of anilines is 1. The number of sulfonamides is 1. The average Bonchev–Trinajstić information content (AvgIpc) is 2.94. The predicted octanol–water partition coefficient (Wildman–Crippen LogP) is 2.60. The lowest BCUT2D eigenvalue weighted by Crippen LogP contribution is -2.37. The normalized spacial score (nSPS) is 15.9. The minimum atomic E-state index is -3.55. The number of aryl methyl sites for hydroxylation is 1. The van der Waals surface area contributed by atoms with E-state index in [-0.39, 0.29) is 5.91 Å². The fourth-order valence-corrected chi connectivity index (χ4v) is 4.77. The van der Waals surface area contributed by atoms with E-state index in [1.165, 1.54) is 4.31 Å². The molecule has 1 heterocycles. The van der Waals surface area contributed by atoms with Crippen molar-refractivity contribution in [2.75, 3.05) is 45.2 Å². The Hall–Kier alpha value is -2.38. The monoisotopic (exact) mass is 401 g/mol. The summed E-state index contributed by atoms with van der Waals surface area (Å²) in [5, 5.41) is 0. The highest BCUT2D eigenvalue weighted by Gasteiger charge is 2.28. The van der Waals surface area contributed by atoms with Gasteiger partial charge in [-0.1, -0.05) is 23.8 Å². The lowest BCUT2D eigenvalue weighted by Gasteiger charge is -2.22. The number of amides is 1. The summed E-state index contributed by atoms with van der Waals surface area (Å²) in [6, 6.07) is 14.4.